The SMILES string of the molecule is O=C(O)c1cc(CO)c(CO)cc1Br. The summed E-state index contributed by atoms with van der Waals surface area (Å²) in [5.41, 5.74) is 1.02. The van der Waals surface area contributed by atoms with Crippen molar-refractivity contribution in [3.63, 3.8) is 0 Å². The quantitative estimate of drug-likeness (QED) is 0.762. The summed E-state index contributed by atoms with van der Waals surface area (Å²) >= 11 is 3.08. The van der Waals surface area contributed by atoms with E-state index < -0.39 is 5.97 Å². The summed E-state index contributed by atoms with van der Waals surface area (Å²) in [5.74, 6) is -1.07. The molecule has 1 aromatic rings. The molecule has 0 amide bonds. The number of hydrogen-bond donors (Lipinski definition) is 3. The van der Waals surface area contributed by atoms with Crippen LogP contribution >= 0.6 is 15.9 Å². The van der Waals surface area contributed by atoms with Gasteiger partial charge in [-0.25, -0.2) is 4.79 Å². The second-order valence-electron chi connectivity index (χ2n) is 2.72. The molecule has 76 valence electrons. The first-order valence-corrected chi connectivity index (χ1v) is 4.65. The molecule has 0 aliphatic rings. The average molecular weight is 261 g/mol. The third-order valence-electron chi connectivity index (χ3n) is 1.86. The Balaban J connectivity index is 3.30. The lowest BCUT2D eigenvalue weighted by Gasteiger charge is -2.07. The van der Waals surface area contributed by atoms with Crippen LogP contribution in [0, 0.1) is 0 Å². The molecule has 0 aliphatic carbocycles. The zero-order chi connectivity index (χ0) is 10.7. The summed E-state index contributed by atoms with van der Waals surface area (Å²) in [6, 6.07) is 2.84. The number of carboxylic acid groups (broad SMARTS) is 1. The molecule has 14 heavy (non-hydrogen) atoms. The summed E-state index contributed by atoms with van der Waals surface area (Å²) in [5, 5.41) is 26.6. The first kappa shape index (κ1) is 11.2. The van der Waals surface area contributed by atoms with Crippen LogP contribution in [0.25, 0.3) is 0 Å². The Morgan fingerprint density at radius 2 is 1.71 bits per heavy atom. The van der Waals surface area contributed by atoms with Gasteiger partial charge in [0.1, 0.15) is 0 Å². The predicted molar refractivity (Wildman–Crippen MR) is 52.9 cm³/mol. The Labute approximate surface area is 88.9 Å². The third kappa shape index (κ3) is 2.12. The van der Waals surface area contributed by atoms with Crippen molar-refractivity contribution in [2.24, 2.45) is 0 Å². The maximum Gasteiger partial charge on any atom is 0.336 e. The second kappa shape index (κ2) is 4.54. The van der Waals surface area contributed by atoms with E-state index in [1.54, 1.807) is 0 Å². The van der Waals surface area contributed by atoms with Crippen LogP contribution in [0.5, 0.6) is 0 Å². The maximum absolute atomic E-state index is 10.7. The molecule has 0 heterocycles. The molecule has 0 saturated heterocycles. The molecule has 0 aromatic heterocycles. The van der Waals surface area contributed by atoms with Gasteiger partial charge in [-0.1, -0.05) is 0 Å². The largest absolute Gasteiger partial charge is 0.478 e. The number of aliphatic hydroxyl groups excluding tert-OH is 2. The Hall–Kier alpha value is -0.910. The van der Waals surface area contributed by atoms with Gasteiger partial charge in [0.2, 0.25) is 0 Å². The molecule has 3 N–H and O–H groups in total. The number of aromatic carboxylic acids is 1. The third-order valence-corrected chi connectivity index (χ3v) is 2.52. The van der Waals surface area contributed by atoms with Gasteiger partial charge in [0.25, 0.3) is 0 Å². The molecular weight excluding hydrogens is 252 g/mol. The van der Waals surface area contributed by atoms with E-state index in [1.807, 2.05) is 0 Å². The minimum absolute atomic E-state index is 0.0752. The molecular formula is C9H9BrO4. The highest BCUT2D eigenvalue weighted by Crippen LogP contribution is 2.22. The summed E-state index contributed by atoms with van der Waals surface area (Å²) in [6.07, 6.45) is 0. The normalized spacial score (nSPS) is 10.2. The van der Waals surface area contributed by atoms with Crippen molar-refractivity contribution in [3.8, 4) is 0 Å². The fourth-order valence-electron chi connectivity index (χ4n) is 1.12. The fraction of sp³-hybridized carbons (Fsp3) is 0.222. The summed E-state index contributed by atoms with van der Waals surface area (Å²) in [4.78, 5) is 10.7. The van der Waals surface area contributed by atoms with Gasteiger partial charge in [0.05, 0.1) is 18.8 Å². The highest BCUT2D eigenvalue weighted by Gasteiger charge is 2.12. The number of carbonyl (C=O) groups is 1. The van der Waals surface area contributed by atoms with Gasteiger partial charge in [0, 0.05) is 4.47 Å². The Bertz CT molecular complexity index is 362. The molecule has 0 atom stereocenters. The van der Waals surface area contributed by atoms with E-state index in [4.69, 9.17) is 15.3 Å². The fourth-order valence-corrected chi connectivity index (χ4v) is 1.68. The van der Waals surface area contributed by atoms with Gasteiger partial charge < -0.3 is 15.3 Å². The Morgan fingerprint density at radius 3 is 2.14 bits per heavy atom. The zero-order valence-electron chi connectivity index (χ0n) is 7.20. The first-order chi connectivity index (χ1) is 6.60. The van der Waals surface area contributed by atoms with Crippen molar-refractivity contribution in [3.05, 3.63) is 33.3 Å². The Morgan fingerprint density at radius 1 is 1.21 bits per heavy atom. The van der Waals surface area contributed by atoms with Crippen molar-refractivity contribution >= 4 is 21.9 Å². The maximum atomic E-state index is 10.7. The molecule has 0 saturated carbocycles. The summed E-state index contributed by atoms with van der Waals surface area (Å²) in [6.45, 7) is -0.516. The van der Waals surface area contributed by atoms with E-state index in [9.17, 15) is 4.79 Å². The van der Waals surface area contributed by atoms with Gasteiger partial charge in [-0.2, -0.15) is 0 Å². The lowest BCUT2D eigenvalue weighted by molar-refractivity contribution is 0.0695. The van der Waals surface area contributed by atoms with Gasteiger partial charge in [0.15, 0.2) is 0 Å². The number of aliphatic hydroxyl groups is 2. The van der Waals surface area contributed by atoms with Crippen LogP contribution in [0.3, 0.4) is 0 Å². The predicted octanol–water partition coefficient (Wildman–Crippen LogP) is 1.13. The summed E-state index contributed by atoms with van der Waals surface area (Å²) < 4.78 is 0.395. The molecule has 4 nitrogen and oxygen atoms in total. The summed E-state index contributed by atoms with van der Waals surface area (Å²) in [7, 11) is 0. The van der Waals surface area contributed by atoms with Crippen LogP contribution in [0.2, 0.25) is 0 Å². The van der Waals surface area contributed by atoms with Crippen LogP contribution in [-0.4, -0.2) is 21.3 Å². The van der Waals surface area contributed by atoms with Crippen molar-refractivity contribution < 1.29 is 20.1 Å². The lowest BCUT2D eigenvalue weighted by atomic mass is 10.1. The van der Waals surface area contributed by atoms with Gasteiger partial charge in [-0.15, -0.1) is 0 Å². The van der Waals surface area contributed by atoms with Crippen molar-refractivity contribution in [1.29, 1.82) is 0 Å². The van der Waals surface area contributed by atoms with Gasteiger partial charge >= 0.3 is 5.97 Å². The van der Waals surface area contributed by atoms with E-state index >= 15 is 0 Å². The lowest BCUT2D eigenvalue weighted by Crippen LogP contribution is -2.02. The van der Waals surface area contributed by atoms with Crippen LogP contribution in [0.1, 0.15) is 21.5 Å². The van der Waals surface area contributed by atoms with Crippen molar-refractivity contribution in [1.82, 2.24) is 0 Å². The van der Waals surface area contributed by atoms with Crippen LogP contribution < -0.4 is 0 Å². The zero-order valence-corrected chi connectivity index (χ0v) is 8.78. The molecule has 5 heteroatoms. The number of halogens is 1. The van der Waals surface area contributed by atoms with Crippen molar-refractivity contribution in [2.75, 3.05) is 0 Å². The van der Waals surface area contributed by atoms with E-state index in [2.05, 4.69) is 15.9 Å². The number of rotatable bonds is 3. The van der Waals surface area contributed by atoms with E-state index in [1.165, 1.54) is 12.1 Å². The number of benzene rings is 1. The molecule has 1 aromatic carbocycles. The first-order valence-electron chi connectivity index (χ1n) is 3.86. The molecule has 0 unspecified atom stereocenters. The molecule has 0 fully saturated rings. The van der Waals surface area contributed by atoms with Gasteiger partial charge in [-0.3, -0.25) is 0 Å². The van der Waals surface area contributed by atoms with E-state index in [0.29, 0.717) is 15.6 Å². The highest BCUT2D eigenvalue weighted by molar-refractivity contribution is 9.10. The van der Waals surface area contributed by atoms with Crippen LogP contribution in [-0.2, 0) is 13.2 Å². The van der Waals surface area contributed by atoms with Crippen LogP contribution in [0.15, 0.2) is 16.6 Å². The average Bonchev–Trinajstić information content (AvgIpc) is 2.16. The minimum Gasteiger partial charge on any atom is -0.478 e. The molecule has 0 radical (unpaired) electrons. The van der Waals surface area contributed by atoms with E-state index in [-0.39, 0.29) is 18.8 Å². The smallest absolute Gasteiger partial charge is 0.336 e. The highest BCUT2D eigenvalue weighted by atomic mass is 79.9. The molecule has 0 aliphatic heterocycles. The monoisotopic (exact) mass is 260 g/mol. The number of hydrogen-bond acceptors (Lipinski definition) is 3. The van der Waals surface area contributed by atoms with Gasteiger partial charge in [-0.05, 0) is 39.2 Å². The molecule has 1 rings (SSSR count). The van der Waals surface area contributed by atoms with Crippen molar-refractivity contribution in [2.45, 2.75) is 13.2 Å². The number of carboxylic acids is 1. The second-order valence-corrected chi connectivity index (χ2v) is 3.58. The Kier molecular flexibility index (Phi) is 3.62. The topological polar surface area (TPSA) is 77.8 Å². The standard InChI is InChI=1S/C9H9BrO4/c10-8-2-6(4-12)5(3-11)1-7(8)9(13)14/h1-2,11-12H,3-4H2,(H,13,14). The molecule has 0 spiro atoms. The van der Waals surface area contributed by atoms with E-state index in [0.717, 1.165) is 0 Å². The van der Waals surface area contributed by atoms with Crippen LogP contribution in [0.4, 0.5) is 0 Å². The minimum atomic E-state index is -1.07. The molecule has 0 bridgehead atoms.